The van der Waals surface area contributed by atoms with Crippen LogP contribution in [0, 0.1) is 35.5 Å². The van der Waals surface area contributed by atoms with Crippen molar-refractivity contribution in [1.29, 1.82) is 10.5 Å². The molecule has 0 N–H and O–H groups in total. The minimum Gasteiger partial charge on any atom is -0.291 e. The van der Waals surface area contributed by atoms with Gasteiger partial charge in [-0.05, 0) is 24.6 Å². The summed E-state index contributed by atoms with van der Waals surface area (Å²) in [7, 11) is 0. The molecule has 1 rings (SSSR count). The molecule has 0 aliphatic heterocycles. The highest BCUT2D eigenvalue weighted by atomic mass is 79.9. The topological polar surface area (TPSA) is 64.7 Å². The van der Waals surface area contributed by atoms with E-state index in [0.29, 0.717) is 5.56 Å². The molecule has 1 aromatic carbocycles. The summed E-state index contributed by atoms with van der Waals surface area (Å²) in [4.78, 5) is 11.7. The summed E-state index contributed by atoms with van der Waals surface area (Å²) >= 11 is 3.24. The maximum Gasteiger partial charge on any atom is 0.195 e. The molecule has 3 nitrogen and oxygen atoms in total. The fourth-order valence-corrected chi connectivity index (χ4v) is 1.52. The molecule has 1 aromatic rings. The number of hydrogen-bond donors (Lipinski definition) is 0. The summed E-state index contributed by atoms with van der Waals surface area (Å²) in [6.45, 7) is 1.77. The molecule has 0 bridgehead atoms. The molecule has 0 heterocycles. The number of rotatable bonds is 2. The zero-order chi connectivity index (χ0) is 11.4. The number of nitrogens with zero attached hydrogens (tertiary/aromatic N) is 2. The van der Waals surface area contributed by atoms with Crippen LogP contribution in [0.2, 0.25) is 0 Å². The van der Waals surface area contributed by atoms with Gasteiger partial charge < -0.3 is 0 Å². The van der Waals surface area contributed by atoms with Gasteiger partial charge in [0, 0.05) is 10.0 Å². The molecule has 0 saturated heterocycles. The summed E-state index contributed by atoms with van der Waals surface area (Å²) in [5.74, 6) is -1.67. The highest BCUT2D eigenvalue weighted by Gasteiger charge is 2.20. The van der Waals surface area contributed by atoms with E-state index in [-0.39, 0.29) is 0 Å². The highest BCUT2D eigenvalue weighted by molar-refractivity contribution is 9.10. The van der Waals surface area contributed by atoms with Gasteiger partial charge in [-0.3, -0.25) is 4.79 Å². The molecule has 4 heteroatoms. The molecule has 0 saturated carbocycles. The van der Waals surface area contributed by atoms with Crippen LogP contribution >= 0.6 is 15.9 Å². The molecule has 0 spiro atoms. The average Bonchev–Trinajstić information content (AvgIpc) is 2.23. The number of carbonyl (C=O) groups excluding carboxylic acids is 1. The standard InChI is InChI=1S/C11H7BrN2O/c1-7-2-3-9(12)4-10(7)11(15)8(5-13)6-14/h2-4,8H,1H3. The molecule has 15 heavy (non-hydrogen) atoms. The summed E-state index contributed by atoms with van der Waals surface area (Å²) in [5.41, 5.74) is 1.18. The molecule has 0 fully saturated rings. The van der Waals surface area contributed by atoms with Gasteiger partial charge in [-0.1, -0.05) is 22.0 Å². The minimum atomic E-state index is -1.22. The Kier molecular flexibility index (Phi) is 3.60. The summed E-state index contributed by atoms with van der Waals surface area (Å²) in [5, 5.41) is 17.2. The number of Topliss-reactive ketones (excluding diaryl/α,β-unsaturated/α-hetero) is 1. The maximum atomic E-state index is 11.7. The Hall–Kier alpha value is -1.65. The van der Waals surface area contributed by atoms with Crippen LogP contribution in [0.5, 0.6) is 0 Å². The van der Waals surface area contributed by atoms with Crippen LogP contribution in [0.4, 0.5) is 0 Å². The van der Waals surface area contributed by atoms with Crippen molar-refractivity contribution in [3.8, 4) is 12.1 Å². The number of benzene rings is 1. The van der Waals surface area contributed by atoms with Crippen LogP contribution in [0.25, 0.3) is 0 Å². The molecule has 0 aromatic heterocycles. The quantitative estimate of drug-likeness (QED) is 0.770. The highest BCUT2D eigenvalue weighted by Crippen LogP contribution is 2.18. The van der Waals surface area contributed by atoms with Crippen molar-refractivity contribution in [1.82, 2.24) is 0 Å². The molecular formula is C11H7BrN2O. The molecule has 74 valence electrons. The van der Waals surface area contributed by atoms with Gasteiger partial charge in [0.1, 0.15) is 0 Å². The third kappa shape index (κ3) is 2.43. The lowest BCUT2D eigenvalue weighted by atomic mass is 9.97. The zero-order valence-electron chi connectivity index (χ0n) is 7.99. The first-order valence-corrected chi connectivity index (χ1v) is 4.99. The van der Waals surface area contributed by atoms with Crippen molar-refractivity contribution < 1.29 is 4.79 Å². The van der Waals surface area contributed by atoms with E-state index in [9.17, 15) is 4.79 Å². The van der Waals surface area contributed by atoms with Gasteiger partial charge in [-0.25, -0.2) is 0 Å². The third-order valence-corrected chi connectivity index (χ3v) is 2.48. The number of nitriles is 2. The van der Waals surface area contributed by atoms with Gasteiger partial charge in [0.2, 0.25) is 0 Å². The second kappa shape index (κ2) is 4.72. The second-order valence-corrected chi connectivity index (χ2v) is 3.93. The van der Waals surface area contributed by atoms with Gasteiger partial charge in [0.15, 0.2) is 11.7 Å². The maximum absolute atomic E-state index is 11.7. The summed E-state index contributed by atoms with van der Waals surface area (Å²) < 4.78 is 0.756. The molecule has 0 atom stereocenters. The second-order valence-electron chi connectivity index (χ2n) is 3.01. The van der Waals surface area contributed by atoms with E-state index in [1.165, 1.54) is 0 Å². The van der Waals surface area contributed by atoms with E-state index in [4.69, 9.17) is 10.5 Å². The van der Waals surface area contributed by atoms with E-state index in [1.807, 2.05) is 0 Å². The number of hydrogen-bond acceptors (Lipinski definition) is 3. The molecule has 0 aliphatic carbocycles. The monoisotopic (exact) mass is 262 g/mol. The Morgan fingerprint density at radius 2 is 2.00 bits per heavy atom. The lowest BCUT2D eigenvalue weighted by molar-refractivity contribution is 0.0970. The molecular weight excluding hydrogens is 256 g/mol. The number of aryl methyl sites for hydroxylation is 1. The van der Waals surface area contributed by atoms with Crippen LogP contribution in [0.3, 0.4) is 0 Å². The zero-order valence-corrected chi connectivity index (χ0v) is 9.58. The van der Waals surface area contributed by atoms with Crippen molar-refractivity contribution in [3.05, 3.63) is 33.8 Å². The third-order valence-electron chi connectivity index (χ3n) is 1.99. The van der Waals surface area contributed by atoms with Gasteiger partial charge >= 0.3 is 0 Å². The largest absolute Gasteiger partial charge is 0.291 e. The van der Waals surface area contributed by atoms with Crippen LogP contribution in [-0.4, -0.2) is 5.78 Å². The molecule has 0 amide bonds. The Balaban J connectivity index is 3.18. The Morgan fingerprint density at radius 3 is 2.53 bits per heavy atom. The summed E-state index contributed by atoms with van der Waals surface area (Å²) in [6, 6.07) is 8.54. The number of ketones is 1. The minimum absolute atomic E-state index is 0.414. The van der Waals surface area contributed by atoms with Crippen molar-refractivity contribution in [2.75, 3.05) is 0 Å². The normalized spacial score (nSPS) is 9.40. The molecule has 0 radical (unpaired) electrons. The van der Waals surface area contributed by atoms with Gasteiger partial charge in [0.05, 0.1) is 12.1 Å². The predicted molar refractivity (Wildman–Crippen MR) is 57.9 cm³/mol. The van der Waals surface area contributed by atoms with Gasteiger partial charge in [0.25, 0.3) is 0 Å². The number of halogens is 1. The smallest absolute Gasteiger partial charge is 0.195 e. The van der Waals surface area contributed by atoms with Crippen LogP contribution in [0.15, 0.2) is 22.7 Å². The van der Waals surface area contributed by atoms with Gasteiger partial charge in [-0.2, -0.15) is 10.5 Å². The molecule has 0 unspecified atom stereocenters. The fourth-order valence-electron chi connectivity index (χ4n) is 1.16. The van der Waals surface area contributed by atoms with Crippen LogP contribution in [-0.2, 0) is 0 Å². The van der Waals surface area contributed by atoms with E-state index < -0.39 is 11.7 Å². The Bertz CT molecular complexity index is 468. The first kappa shape index (κ1) is 11.4. The van der Waals surface area contributed by atoms with E-state index in [2.05, 4.69) is 15.9 Å². The SMILES string of the molecule is Cc1ccc(Br)cc1C(=O)C(C#N)C#N. The predicted octanol–water partition coefficient (Wildman–Crippen LogP) is 2.60. The average molecular weight is 263 g/mol. The summed E-state index contributed by atoms with van der Waals surface area (Å²) in [6.07, 6.45) is 0. The van der Waals surface area contributed by atoms with Crippen molar-refractivity contribution >= 4 is 21.7 Å². The lowest BCUT2D eigenvalue weighted by Crippen LogP contribution is -2.12. The van der Waals surface area contributed by atoms with E-state index >= 15 is 0 Å². The lowest BCUT2D eigenvalue weighted by Gasteiger charge is -2.05. The van der Waals surface area contributed by atoms with Crippen LogP contribution in [0.1, 0.15) is 15.9 Å². The number of carbonyl (C=O) groups is 1. The van der Waals surface area contributed by atoms with Crippen molar-refractivity contribution in [2.24, 2.45) is 5.92 Å². The first-order chi connectivity index (χ1) is 7.10. The fraction of sp³-hybridized carbons (Fsp3) is 0.182. The van der Waals surface area contributed by atoms with Crippen molar-refractivity contribution in [2.45, 2.75) is 6.92 Å². The Morgan fingerprint density at radius 1 is 1.40 bits per heavy atom. The Labute approximate surface area is 96.1 Å². The van der Waals surface area contributed by atoms with E-state index in [0.717, 1.165) is 10.0 Å². The first-order valence-electron chi connectivity index (χ1n) is 4.19. The van der Waals surface area contributed by atoms with Crippen LogP contribution < -0.4 is 0 Å². The van der Waals surface area contributed by atoms with Gasteiger partial charge in [-0.15, -0.1) is 0 Å². The van der Waals surface area contributed by atoms with E-state index in [1.54, 1.807) is 37.3 Å². The molecule has 0 aliphatic rings. The van der Waals surface area contributed by atoms with Crippen molar-refractivity contribution in [3.63, 3.8) is 0 Å².